The zero-order chi connectivity index (χ0) is 11.2. The SMILES string of the molecule is CC.Cc1ccc(SC(F)(F)F)nc1. The molecule has 1 aromatic rings. The van der Waals surface area contributed by atoms with Crippen molar-refractivity contribution in [3.05, 3.63) is 23.9 Å². The van der Waals surface area contributed by atoms with Gasteiger partial charge in [0.15, 0.2) is 0 Å². The predicted molar refractivity (Wildman–Crippen MR) is 52.2 cm³/mol. The van der Waals surface area contributed by atoms with E-state index in [0.29, 0.717) is 0 Å². The van der Waals surface area contributed by atoms with Gasteiger partial charge in [0.1, 0.15) is 5.03 Å². The molecule has 1 heterocycles. The zero-order valence-corrected chi connectivity index (χ0v) is 9.04. The minimum atomic E-state index is -4.25. The standard InChI is InChI=1S/C7H6F3NS.C2H6/c1-5-2-3-6(11-4-5)12-7(8,9)10;1-2/h2-4H,1H3;1-2H3. The molecule has 0 spiro atoms. The molecule has 0 saturated carbocycles. The van der Waals surface area contributed by atoms with Crippen LogP contribution in [-0.4, -0.2) is 10.5 Å². The van der Waals surface area contributed by atoms with Crippen LogP contribution in [0.25, 0.3) is 0 Å². The van der Waals surface area contributed by atoms with Crippen molar-refractivity contribution in [2.75, 3.05) is 0 Å². The molecule has 1 rings (SSSR count). The number of thioether (sulfide) groups is 1. The molecule has 0 radical (unpaired) electrons. The predicted octanol–water partition coefficient (Wildman–Crippen LogP) is 4.03. The Hall–Kier alpha value is -0.710. The monoisotopic (exact) mass is 223 g/mol. The van der Waals surface area contributed by atoms with Gasteiger partial charge in [0, 0.05) is 18.0 Å². The van der Waals surface area contributed by atoms with E-state index in [1.165, 1.54) is 12.3 Å². The van der Waals surface area contributed by atoms with Gasteiger partial charge in [0.25, 0.3) is 0 Å². The molecule has 0 unspecified atom stereocenters. The number of hydrogen-bond donors (Lipinski definition) is 0. The fourth-order valence-electron chi connectivity index (χ4n) is 0.633. The van der Waals surface area contributed by atoms with E-state index in [-0.39, 0.29) is 16.8 Å². The smallest absolute Gasteiger partial charge is 0.249 e. The van der Waals surface area contributed by atoms with Crippen LogP contribution in [0.5, 0.6) is 0 Å². The molecule has 0 aliphatic carbocycles. The van der Waals surface area contributed by atoms with Crippen molar-refractivity contribution in [1.82, 2.24) is 4.98 Å². The van der Waals surface area contributed by atoms with Crippen molar-refractivity contribution in [2.24, 2.45) is 0 Å². The summed E-state index contributed by atoms with van der Waals surface area (Å²) in [5, 5.41) is -0.0203. The maximum Gasteiger partial charge on any atom is 0.447 e. The highest BCUT2D eigenvalue weighted by Gasteiger charge is 2.29. The summed E-state index contributed by atoms with van der Waals surface area (Å²) in [6, 6.07) is 2.95. The van der Waals surface area contributed by atoms with Crippen LogP contribution in [0.4, 0.5) is 13.2 Å². The number of aromatic nitrogens is 1. The number of hydrogen-bond acceptors (Lipinski definition) is 2. The molecule has 0 fully saturated rings. The summed E-state index contributed by atoms with van der Waals surface area (Å²) in [7, 11) is 0. The van der Waals surface area contributed by atoms with Crippen molar-refractivity contribution in [2.45, 2.75) is 31.3 Å². The van der Waals surface area contributed by atoms with E-state index < -0.39 is 5.51 Å². The second-order valence-corrected chi connectivity index (χ2v) is 3.31. The molecule has 0 bridgehead atoms. The third kappa shape index (κ3) is 5.85. The molecule has 5 heteroatoms. The van der Waals surface area contributed by atoms with Gasteiger partial charge in [0.2, 0.25) is 0 Å². The maximum atomic E-state index is 11.8. The van der Waals surface area contributed by atoms with Crippen LogP contribution in [0, 0.1) is 6.92 Å². The fourth-order valence-corrected chi connectivity index (χ4v) is 1.11. The minimum Gasteiger partial charge on any atom is -0.249 e. The number of aryl methyl sites for hydroxylation is 1. The first kappa shape index (κ1) is 13.3. The number of nitrogens with zero attached hydrogens (tertiary/aromatic N) is 1. The van der Waals surface area contributed by atoms with Crippen LogP contribution >= 0.6 is 11.8 Å². The molecular weight excluding hydrogens is 211 g/mol. The first-order chi connectivity index (χ1) is 6.47. The molecule has 0 N–H and O–H groups in total. The van der Waals surface area contributed by atoms with Gasteiger partial charge in [-0.2, -0.15) is 13.2 Å². The van der Waals surface area contributed by atoms with Crippen LogP contribution in [-0.2, 0) is 0 Å². The highest BCUT2D eigenvalue weighted by atomic mass is 32.2. The second kappa shape index (κ2) is 5.90. The number of rotatable bonds is 1. The Morgan fingerprint density at radius 2 is 1.79 bits per heavy atom. The minimum absolute atomic E-state index is 0.0203. The van der Waals surface area contributed by atoms with Crippen LogP contribution in [0.2, 0.25) is 0 Å². The Morgan fingerprint density at radius 3 is 2.14 bits per heavy atom. The van der Waals surface area contributed by atoms with Gasteiger partial charge in [-0.15, -0.1) is 0 Å². The summed E-state index contributed by atoms with van der Waals surface area (Å²) < 4.78 is 35.3. The number of pyridine rings is 1. The first-order valence-electron chi connectivity index (χ1n) is 4.16. The van der Waals surface area contributed by atoms with Gasteiger partial charge < -0.3 is 0 Å². The normalized spacial score (nSPS) is 10.4. The lowest BCUT2D eigenvalue weighted by molar-refractivity contribution is -0.0329. The van der Waals surface area contributed by atoms with E-state index in [4.69, 9.17) is 0 Å². The Kier molecular flexibility index (Phi) is 5.60. The molecule has 1 aromatic heterocycles. The summed E-state index contributed by atoms with van der Waals surface area (Å²) >= 11 is -0.202. The molecule has 1 nitrogen and oxygen atoms in total. The van der Waals surface area contributed by atoms with E-state index in [0.717, 1.165) is 5.56 Å². The van der Waals surface area contributed by atoms with Crippen LogP contribution in [0.1, 0.15) is 19.4 Å². The van der Waals surface area contributed by atoms with Gasteiger partial charge in [0.05, 0.1) is 0 Å². The molecule has 0 aliphatic heterocycles. The summed E-state index contributed by atoms with van der Waals surface area (Å²) in [6.07, 6.45) is 1.41. The summed E-state index contributed by atoms with van der Waals surface area (Å²) in [5.41, 5.74) is -3.40. The Labute approximate surface area is 85.7 Å². The van der Waals surface area contributed by atoms with Crippen molar-refractivity contribution < 1.29 is 13.2 Å². The molecule has 14 heavy (non-hydrogen) atoms. The largest absolute Gasteiger partial charge is 0.447 e. The van der Waals surface area contributed by atoms with Gasteiger partial charge >= 0.3 is 5.51 Å². The van der Waals surface area contributed by atoms with Gasteiger partial charge in [-0.05, 0) is 18.6 Å². The molecule has 0 amide bonds. The average Bonchev–Trinajstić information content (AvgIpc) is 2.10. The second-order valence-electron chi connectivity index (χ2n) is 2.22. The quantitative estimate of drug-likeness (QED) is 0.667. The van der Waals surface area contributed by atoms with Gasteiger partial charge in [-0.1, -0.05) is 19.9 Å². The van der Waals surface area contributed by atoms with Crippen LogP contribution < -0.4 is 0 Å². The highest BCUT2D eigenvalue weighted by molar-refractivity contribution is 8.00. The molecule has 0 aromatic carbocycles. The third-order valence-electron chi connectivity index (χ3n) is 1.10. The van der Waals surface area contributed by atoms with Crippen molar-refractivity contribution in [1.29, 1.82) is 0 Å². The average molecular weight is 223 g/mol. The number of halogens is 3. The van der Waals surface area contributed by atoms with E-state index in [9.17, 15) is 13.2 Å². The fraction of sp³-hybridized carbons (Fsp3) is 0.444. The van der Waals surface area contributed by atoms with Gasteiger partial charge in [-0.3, -0.25) is 0 Å². The Morgan fingerprint density at radius 1 is 1.21 bits per heavy atom. The van der Waals surface area contributed by atoms with Crippen molar-refractivity contribution in [3.8, 4) is 0 Å². The van der Waals surface area contributed by atoms with Crippen molar-refractivity contribution in [3.63, 3.8) is 0 Å². The lowest BCUT2D eigenvalue weighted by Crippen LogP contribution is -1.99. The van der Waals surface area contributed by atoms with E-state index >= 15 is 0 Å². The van der Waals surface area contributed by atoms with Crippen LogP contribution in [0.15, 0.2) is 23.4 Å². The molecule has 0 aliphatic rings. The molecular formula is C9H12F3NS. The highest BCUT2D eigenvalue weighted by Crippen LogP contribution is 2.35. The summed E-state index contributed by atoms with van der Waals surface area (Å²) in [6.45, 7) is 5.77. The van der Waals surface area contributed by atoms with Crippen molar-refractivity contribution >= 4 is 11.8 Å². The Bertz CT molecular complexity index is 256. The number of alkyl halides is 3. The summed E-state index contributed by atoms with van der Waals surface area (Å²) in [4.78, 5) is 3.61. The first-order valence-corrected chi connectivity index (χ1v) is 4.97. The van der Waals surface area contributed by atoms with Crippen LogP contribution in [0.3, 0.4) is 0 Å². The summed E-state index contributed by atoms with van der Waals surface area (Å²) in [5.74, 6) is 0. The lowest BCUT2D eigenvalue weighted by atomic mass is 10.3. The maximum absolute atomic E-state index is 11.8. The Balaban J connectivity index is 0.000000791. The zero-order valence-electron chi connectivity index (χ0n) is 8.22. The third-order valence-corrected chi connectivity index (χ3v) is 1.79. The van der Waals surface area contributed by atoms with E-state index in [1.807, 2.05) is 13.8 Å². The van der Waals surface area contributed by atoms with E-state index in [1.54, 1.807) is 13.0 Å². The lowest BCUT2D eigenvalue weighted by Gasteiger charge is -2.03. The van der Waals surface area contributed by atoms with Gasteiger partial charge in [-0.25, -0.2) is 4.98 Å². The van der Waals surface area contributed by atoms with E-state index in [2.05, 4.69) is 4.98 Å². The molecule has 80 valence electrons. The molecule has 0 atom stereocenters. The topological polar surface area (TPSA) is 12.9 Å². The molecule has 0 saturated heterocycles.